The molecule has 1 aromatic carbocycles. The number of hydrazine groups is 1. The summed E-state index contributed by atoms with van der Waals surface area (Å²) in [4.78, 5) is 41.5. The van der Waals surface area contributed by atoms with Crippen LogP contribution in [0.25, 0.3) is 0 Å². The predicted octanol–water partition coefficient (Wildman–Crippen LogP) is 1.55. The highest BCUT2D eigenvalue weighted by atomic mass is 16.5. The molecule has 0 saturated heterocycles. The lowest BCUT2D eigenvalue weighted by Crippen LogP contribution is -2.43. The van der Waals surface area contributed by atoms with E-state index in [2.05, 4.69) is 34.6 Å². The van der Waals surface area contributed by atoms with Crippen molar-refractivity contribution in [2.45, 2.75) is 13.8 Å². The number of hydrogen-bond donors (Lipinski definition) is 2. The van der Waals surface area contributed by atoms with E-state index in [1.807, 2.05) is 12.1 Å². The van der Waals surface area contributed by atoms with Crippen LogP contribution >= 0.6 is 0 Å². The molecule has 2 amide bonds. The van der Waals surface area contributed by atoms with Gasteiger partial charge < -0.3 is 9.64 Å². The number of esters is 1. The van der Waals surface area contributed by atoms with Crippen LogP contribution in [0, 0.1) is 0 Å². The third-order valence-corrected chi connectivity index (χ3v) is 3.82. The van der Waals surface area contributed by atoms with Gasteiger partial charge in [-0.3, -0.25) is 25.4 Å². The maximum Gasteiger partial charge on any atom is 0.338 e. The Morgan fingerprint density at radius 2 is 1.56 bits per heavy atom. The van der Waals surface area contributed by atoms with Gasteiger partial charge in [0.15, 0.2) is 6.61 Å². The summed E-state index contributed by atoms with van der Waals surface area (Å²) in [5, 5.41) is 0. The monoisotopic (exact) mass is 370 g/mol. The Kier molecular flexibility index (Phi) is 7.30. The summed E-state index contributed by atoms with van der Waals surface area (Å²) in [6, 6.07) is 10.0. The summed E-state index contributed by atoms with van der Waals surface area (Å²) in [5.41, 5.74) is 6.20. The molecule has 1 heterocycles. The highest BCUT2D eigenvalue weighted by Gasteiger charge is 2.12. The van der Waals surface area contributed by atoms with Crippen molar-refractivity contribution in [3.63, 3.8) is 0 Å². The lowest BCUT2D eigenvalue weighted by molar-refractivity contribution is -0.125. The molecule has 0 bridgehead atoms. The highest BCUT2D eigenvalue weighted by Crippen LogP contribution is 2.14. The van der Waals surface area contributed by atoms with Gasteiger partial charge in [0.2, 0.25) is 0 Å². The Hall–Kier alpha value is -3.42. The van der Waals surface area contributed by atoms with E-state index in [4.69, 9.17) is 4.74 Å². The van der Waals surface area contributed by atoms with E-state index in [9.17, 15) is 14.4 Å². The molecule has 0 unspecified atom stereocenters. The molecule has 0 aliphatic carbocycles. The number of ether oxygens (including phenoxy) is 1. The number of nitrogens with one attached hydrogen (secondary N) is 2. The van der Waals surface area contributed by atoms with Gasteiger partial charge in [0.05, 0.1) is 5.56 Å². The van der Waals surface area contributed by atoms with E-state index in [1.165, 1.54) is 24.5 Å². The molecular formula is C19H22N4O4. The van der Waals surface area contributed by atoms with Gasteiger partial charge in [0, 0.05) is 36.7 Å². The lowest BCUT2D eigenvalue weighted by atomic mass is 10.2. The van der Waals surface area contributed by atoms with Gasteiger partial charge in [0.1, 0.15) is 0 Å². The Morgan fingerprint density at radius 3 is 2.15 bits per heavy atom. The van der Waals surface area contributed by atoms with Crippen LogP contribution in [-0.4, -0.2) is 42.5 Å². The number of anilines is 1. The maximum absolute atomic E-state index is 12.1. The number of amides is 2. The first kappa shape index (κ1) is 19.9. The largest absolute Gasteiger partial charge is 0.452 e. The third-order valence-electron chi connectivity index (χ3n) is 3.82. The Labute approximate surface area is 157 Å². The van der Waals surface area contributed by atoms with Crippen LogP contribution < -0.4 is 15.8 Å². The zero-order valence-corrected chi connectivity index (χ0v) is 15.3. The van der Waals surface area contributed by atoms with E-state index >= 15 is 0 Å². The molecule has 0 aliphatic rings. The van der Waals surface area contributed by atoms with Crippen LogP contribution in [-0.2, 0) is 9.53 Å². The van der Waals surface area contributed by atoms with Crippen molar-refractivity contribution < 1.29 is 19.1 Å². The van der Waals surface area contributed by atoms with E-state index in [1.54, 1.807) is 12.1 Å². The first-order chi connectivity index (χ1) is 13.0. The Morgan fingerprint density at radius 1 is 0.926 bits per heavy atom. The van der Waals surface area contributed by atoms with E-state index in [0.717, 1.165) is 18.8 Å². The second-order valence-electron chi connectivity index (χ2n) is 5.53. The van der Waals surface area contributed by atoms with Gasteiger partial charge in [-0.25, -0.2) is 4.79 Å². The highest BCUT2D eigenvalue weighted by molar-refractivity contribution is 5.96. The van der Waals surface area contributed by atoms with Crippen molar-refractivity contribution in [1.29, 1.82) is 0 Å². The predicted molar refractivity (Wildman–Crippen MR) is 100 cm³/mol. The minimum absolute atomic E-state index is 0.287. The molecule has 0 radical (unpaired) electrons. The van der Waals surface area contributed by atoms with E-state index in [0.29, 0.717) is 5.56 Å². The minimum Gasteiger partial charge on any atom is -0.452 e. The fraction of sp³-hybridized carbons (Fsp3) is 0.263. The van der Waals surface area contributed by atoms with Gasteiger partial charge in [-0.15, -0.1) is 0 Å². The molecule has 0 saturated carbocycles. The molecule has 2 N–H and O–H groups in total. The number of pyridine rings is 1. The number of hydrogen-bond acceptors (Lipinski definition) is 6. The first-order valence-corrected chi connectivity index (χ1v) is 8.56. The molecule has 2 aromatic rings. The van der Waals surface area contributed by atoms with Crippen LogP contribution in [0.5, 0.6) is 0 Å². The molecular weight excluding hydrogens is 348 g/mol. The van der Waals surface area contributed by atoms with Gasteiger partial charge >= 0.3 is 5.97 Å². The summed E-state index contributed by atoms with van der Waals surface area (Å²) < 4.78 is 4.86. The lowest BCUT2D eigenvalue weighted by Gasteiger charge is -2.21. The average molecular weight is 370 g/mol. The second kappa shape index (κ2) is 9.91. The van der Waals surface area contributed by atoms with Crippen molar-refractivity contribution >= 4 is 23.5 Å². The quantitative estimate of drug-likeness (QED) is 0.566. The molecule has 0 atom stereocenters. The van der Waals surface area contributed by atoms with Crippen molar-refractivity contribution in [2.75, 3.05) is 24.6 Å². The fourth-order valence-corrected chi connectivity index (χ4v) is 2.35. The topological polar surface area (TPSA) is 101 Å². The van der Waals surface area contributed by atoms with Crippen LogP contribution in [0.2, 0.25) is 0 Å². The van der Waals surface area contributed by atoms with Gasteiger partial charge in [-0.2, -0.15) is 0 Å². The van der Waals surface area contributed by atoms with E-state index < -0.39 is 24.4 Å². The average Bonchev–Trinajstić information content (AvgIpc) is 2.72. The van der Waals surface area contributed by atoms with Gasteiger partial charge in [-0.05, 0) is 50.2 Å². The smallest absolute Gasteiger partial charge is 0.338 e. The normalized spacial score (nSPS) is 10.0. The number of aromatic nitrogens is 1. The maximum atomic E-state index is 12.1. The summed E-state index contributed by atoms with van der Waals surface area (Å²) >= 11 is 0. The van der Waals surface area contributed by atoms with Crippen LogP contribution in [0.4, 0.5) is 5.69 Å². The molecule has 2 rings (SSSR count). The molecule has 0 aliphatic heterocycles. The molecule has 142 valence electrons. The first-order valence-electron chi connectivity index (χ1n) is 8.56. The molecule has 8 heteroatoms. The fourth-order valence-electron chi connectivity index (χ4n) is 2.35. The number of nitrogens with zero attached hydrogens (tertiary/aromatic N) is 2. The zero-order chi connectivity index (χ0) is 19.6. The Balaban J connectivity index is 1.79. The Bertz CT molecular complexity index is 774. The molecule has 8 nitrogen and oxygen atoms in total. The van der Waals surface area contributed by atoms with Gasteiger partial charge in [0.25, 0.3) is 11.8 Å². The summed E-state index contributed by atoms with van der Waals surface area (Å²) in [6.07, 6.45) is 2.89. The number of carbonyl (C=O) groups excluding carboxylic acids is 3. The van der Waals surface area contributed by atoms with E-state index in [-0.39, 0.29) is 5.56 Å². The van der Waals surface area contributed by atoms with Gasteiger partial charge in [-0.1, -0.05) is 0 Å². The molecule has 1 aromatic heterocycles. The summed E-state index contributed by atoms with van der Waals surface area (Å²) in [7, 11) is 0. The number of benzene rings is 1. The molecule has 0 fully saturated rings. The summed E-state index contributed by atoms with van der Waals surface area (Å²) in [6.45, 7) is 5.34. The molecule has 0 spiro atoms. The van der Waals surface area contributed by atoms with Crippen molar-refractivity contribution in [3.05, 3.63) is 59.9 Å². The standard InChI is InChI=1S/C19H22N4O4/c1-3-23(4-2)16-7-5-14(6-8-16)18(25)22-21-17(24)13-27-19(26)15-9-11-20-12-10-15/h5-12H,3-4,13H2,1-2H3,(H,21,24)(H,22,25). The van der Waals surface area contributed by atoms with Crippen molar-refractivity contribution in [3.8, 4) is 0 Å². The van der Waals surface area contributed by atoms with Crippen LogP contribution in [0.1, 0.15) is 34.6 Å². The molecule has 27 heavy (non-hydrogen) atoms. The van der Waals surface area contributed by atoms with Crippen molar-refractivity contribution in [1.82, 2.24) is 15.8 Å². The summed E-state index contributed by atoms with van der Waals surface area (Å²) in [5.74, 6) is -1.76. The third kappa shape index (κ3) is 5.81. The van der Waals surface area contributed by atoms with Crippen LogP contribution in [0.3, 0.4) is 0 Å². The number of carbonyl (C=O) groups is 3. The second-order valence-corrected chi connectivity index (χ2v) is 5.53. The number of rotatable bonds is 7. The van der Waals surface area contributed by atoms with Crippen molar-refractivity contribution in [2.24, 2.45) is 0 Å². The zero-order valence-electron chi connectivity index (χ0n) is 15.3. The minimum atomic E-state index is -0.648. The SMILES string of the molecule is CCN(CC)c1ccc(C(=O)NNC(=O)COC(=O)c2ccncc2)cc1. The van der Waals surface area contributed by atoms with Crippen LogP contribution in [0.15, 0.2) is 48.8 Å².